The third-order valence-corrected chi connectivity index (χ3v) is 5.81. The Morgan fingerprint density at radius 1 is 1.14 bits per heavy atom. The average molecular weight is 319 g/mol. The van der Waals surface area contributed by atoms with Gasteiger partial charge in [-0.1, -0.05) is 6.58 Å². The minimum atomic E-state index is -2.10. The lowest BCUT2D eigenvalue weighted by molar-refractivity contribution is -0.138. The minimum absolute atomic E-state index is 0.0825. The van der Waals surface area contributed by atoms with Gasteiger partial charge in [-0.2, -0.15) is 0 Å². The molecule has 0 aliphatic rings. The summed E-state index contributed by atoms with van der Waals surface area (Å²) < 4.78 is 20.4. The Bertz CT molecular complexity index is 357. The van der Waals surface area contributed by atoms with Crippen molar-refractivity contribution in [3.63, 3.8) is 0 Å². The molecule has 0 aromatic heterocycles. The monoisotopic (exact) mass is 319 g/mol. The van der Waals surface area contributed by atoms with Crippen LogP contribution in [-0.2, 0) is 23.1 Å². The number of carbonyl (C=O) groups is 2. The Kier molecular flexibility index (Phi) is 9.68. The molecule has 7 nitrogen and oxygen atoms in total. The predicted molar refractivity (Wildman–Crippen MR) is 80.2 cm³/mol. The summed E-state index contributed by atoms with van der Waals surface area (Å²) in [5.41, 5.74) is 0.320. The van der Waals surface area contributed by atoms with Crippen LogP contribution >= 0.6 is 0 Å². The molecule has 0 rings (SSSR count). The molecule has 0 aromatic rings. The Morgan fingerprint density at radius 2 is 1.76 bits per heavy atom. The van der Waals surface area contributed by atoms with E-state index in [2.05, 4.69) is 11.9 Å². The van der Waals surface area contributed by atoms with Gasteiger partial charge in [0.15, 0.2) is 0 Å². The van der Waals surface area contributed by atoms with Crippen molar-refractivity contribution in [1.82, 2.24) is 5.32 Å². The number of hydrogen-bond donors (Lipinski definition) is 1. The highest BCUT2D eigenvalue weighted by Gasteiger charge is 2.27. The van der Waals surface area contributed by atoms with Crippen molar-refractivity contribution in [2.75, 3.05) is 34.0 Å². The number of amides is 1. The highest BCUT2D eigenvalue weighted by atomic mass is 28.4. The molecule has 1 amide bonds. The quantitative estimate of drug-likeness (QED) is 0.285. The molecule has 0 saturated heterocycles. The van der Waals surface area contributed by atoms with Gasteiger partial charge in [0.25, 0.3) is 0 Å². The van der Waals surface area contributed by atoms with Crippen LogP contribution in [0.3, 0.4) is 0 Å². The maximum absolute atomic E-state index is 11.3. The molecule has 0 spiro atoms. The molecule has 0 bridgehead atoms. The van der Waals surface area contributed by atoms with E-state index in [4.69, 9.17) is 18.3 Å². The molecule has 8 heteroatoms. The van der Waals surface area contributed by atoms with E-state index in [1.165, 1.54) is 0 Å². The lowest BCUT2D eigenvalue weighted by atomic mass is 10.4. The number of esters is 1. The van der Waals surface area contributed by atoms with Gasteiger partial charge in [-0.05, 0) is 25.9 Å². The molecule has 0 aliphatic heterocycles. The number of hydrogen-bond acceptors (Lipinski definition) is 6. The first-order chi connectivity index (χ1) is 9.84. The van der Waals surface area contributed by atoms with Gasteiger partial charge in [-0.15, -0.1) is 0 Å². The van der Waals surface area contributed by atoms with Crippen LogP contribution < -0.4 is 5.32 Å². The number of nitrogens with one attached hydrogen (secondary N) is 1. The Balaban J connectivity index is 3.64. The fraction of sp³-hybridized carbons (Fsp3) is 0.692. The van der Waals surface area contributed by atoms with Gasteiger partial charge < -0.3 is 23.6 Å². The van der Waals surface area contributed by atoms with Crippen molar-refractivity contribution in [3.8, 4) is 0 Å². The van der Waals surface area contributed by atoms with E-state index < -0.39 is 20.6 Å². The van der Waals surface area contributed by atoms with E-state index in [1.807, 2.05) is 6.55 Å². The third kappa shape index (κ3) is 9.22. The average Bonchev–Trinajstić information content (AvgIpc) is 2.47. The highest BCUT2D eigenvalue weighted by molar-refractivity contribution is 6.65. The second kappa shape index (κ2) is 10.4. The van der Waals surface area contributed by atoms with Gasteiger partial charge in [-0.3, -0.25) is 0 Å². The molecule has 21 heavy (non-hydrogen) atoms. The zero-order valence-corrected chi connectivity index (χ0v) is 14.2. The van der Waals surface area contributed by atoms with Crippen LogP contribution in [0.1, 0.15) is 13.3 Å². The van der Waals surface area contributed by atoms with Crippen molar-refractivity contribution >= 4 is 20.6 Å². The number of ether oxygens (including phenoxy) is 2. The number of carbonyl (C=O) groups excluding carboxylic acids is 2. The normalized spacial score (nSPS) is 10.9. The zero-order chi connectivity index (χ0) is 16.3. The predicted octanol–water partition coefficient (Wildman–Crippen LogP) is 1.59. The van der Waals surface area contributed by atoms with E-state index in [9.17, 15) is 9.59 Å². The molecule has 0 unspecified atom stereocenters. The number of rotatable bonds is 10. The molecule has 0 fully saturated rings. The standard InChI is InChI=1S/C13H25NO6Si/c1-11(2)12(15)19-9-7-14-13(16)20-8-6-10-21(5,17-3)18-4/h1,6-10H2,2-5H3,(H,14,16). The van der Waals surface area contributed by atoms with Crippen molar-refractivity contribution in [3.05, 3.63) is 12.2 Å². The molecule has 0 heterocycles. The van der Waals surface area contributed by atoms with E-state index in [-0.39, 0.29) is 19.8 Å². The van der Waals surface area contributed by atoms with Crippen LogP contribution in [0.5, 0.6) is 0 Å². The topological polar surface area (TPSA) is 83.1 Å². The van der Waals surface area contributed by atoms with E-state index in [0.29, 0.717) is 12.0 Å². The Hall–Kier alpha value is -1.38. The van der Waals surface area contributed by atoms with Gasteiger partial charge in [0, 0.05) is 19.8 Å². The molecule has 0 saturated carbocycles. The summed E-state index contributed by atoms with van der Waals surface area (Å²) in [4.78, 5) is 22.4. The van der Waals surface area contributed by atoms with E-state index in [1.54, 1.807) is 21.1 Å². The lowest BCUT2D eigenvalue weighted by Gasteiger charge is -2.22. The summed E-state index contributed by atoms with van der Waals surface area (Å²) in [5.74, 6) is -0.478. The molecular formula is C13H25NO6Si. The van der Waals surface area contributed by atoms with E-state index >= 15 is 0 Å². The summed E-state index contributed by atoms with van der Waals surface area (Å²) in [7, 11) is 1.14. The largest absolute Gasteiger partial charge is 0.460 e. The first-order valence-electron chi connectivity index (χ1n) is 6.68. The van der Waals surface area contributed by atoms with Gasteiger partial charge >= 0.3 is 20.6 Å². The minimum Gasteiger partial charge on any atom is -0.460 e. The lowest BCUT2D eigenvalue weighted by Crippen LogP contribution is -2.36. The van der Waals surface area contributed by atoms with Crippen molar-refractivity contribution in [2.24, 2.45) is 0 Å². The summed E-state index contributed by atoms with van der Waals surface area (Å²) in [6.45, 7) is 7.51. The molecule has 1 N–H and O–H groups in total. The fourth-order valence-electron chi connectivity index (χ4n) is 1.32. The van der Waals surface area contributed by atoms with Crippen LogP contribution in [-0.4, -0.2) is 54.6 Å². The van der Waals surface area contributed by atoms with Crippen LogP contribution in [0.2, 0.25) is 12.6 Å². The zero-order valence-electron chi connectivity index (χ0n) is 13.2. The van der Waals surface area contributed by atoms with Gasteiger partial charge in [0.05, 0.1) is 13.2 Å². The summed E-state index contributed by atoms with van der Waals surface area (Å²) in [6, 6.07) is 0.740. The molecular weight excluding hydrogens is 294 g/mol. The maximum atomic E-state index is 11.3. The van der Waals surface area contributed by atoms with Crippen LogP contribution in [0.25, 0.3) is 0 Å². The van der Waals surface area contributed by atoms with E-state index in [0.717, 1.165) is 6.04 Å². The summed E-state index contributed by atoms with van der Waals surface area (Å²) in [6.07, 6.45) is 0.127. The van der Waals surface area contributed by atoms with Crippen molar-refractivity contribution in [2.45, 2.75) is 25.9 Å². The first-order valence-corrected chi connectivity index (χ1v) is 9.20. The van der Waals surface area contributed by atoms with Gasteiger partial charge in [-0.25, -0.2) is 9.59 Å². The fourth-order valence-corrected chi connectivity index (χ4v) is 2.68. The third-order valence-electron chi connectivity index (χ3n) is 2.83. The SMILES string of the molecule is C=C(C)C(=O)OCCNC(=O)OCCC[Si](C)(OC)OC. The molecule has 0 atom stereocenters. The number of alkyl carbamates (subject to hydrolysis) is 1. The van der Waals surface area contributed by atoms with Gasteiger partial charge in [0.1, 0.15) is 6.61 Å². The highest BCUT2D eigenvalue weighted by Crippen LogP contribution is 2.13. The van der Waals surface area contributed by atoms with Crippen LogP contribution in [0.4, 0.5) is 4.79 Å². The second-order valence-electron chi connectivity index (χ2n) is 4.62. The Morgan fingerprint density at radius 3 is 2.29 bits per heavy atom. The Labute approximate surface area is 126 Å². The summed E-state index contributed by atoms with van der Waals surface area (Å²) >= 11 is 0. The van der Waals surface area contributed by atoms with Crippen molar-refractivity contribution < 1.29 is 27.9 Å². The van der Waals surface area contributed by atoms with Gasteiger partial charge in [0.2, 0.25) is 0 Å². The first kappa shape index (κ1) is 19.6. The second-order valence-corrected chi connectivity index (χ2v) is 8.21. The van der Waals surface area contributed by atoms with Crippen molar-refractivity contribution in [1.29, 1.82) is 0 Å². The van der Waals surface area contributed by atoms with Crippen LogP contribution in [0.15, 0.2) is 12.2 Å². The summed E-state index contributed by atoms with van der Waals surface area (Å²) in [5, 5.41) is 2.48. The van der Waals surface area contributed by atoms with Crippen LogP contribution in [0, 0.1) is 0 Å². The molecule has 122 valence electrons. The smallest absolute Gasteiger partial charge is 0.407 e. The molecule has 0 aromatic carbocycles. The maximum Gasteiger partial charge on any atom is 0.407 e. The molecule has 0 radical (unpaired) electrons. The molecule has 0 aliphatic carbocycles.